The number of carbonyl (C=O) groups excluding carboxylic acids is 1. The SMILES string of the molecule is CCC1COC(C)CN1C(=O)c1cccc(F)c1NC. The molecule has 1 aliphatic heterocycles. The lowest BCUT2D eigenvalue weighted by Gasteiger charge is -2.38. The maximum Gasteiger partial charge on any atom is 0.256 e. The second-order valence-corrected chi connectivity index (χ2v) is 5.08. The molecule has 0 saturated carbocycles. The van der Waals surface area contributed by atoms with E-state index in [1.54, 1.807) is 24.1 Å². The van der Waals surface area contributed by atoms with Gasteiger partial charge >= 0.3 is 0 Å². The Kier molecular flexibility index (Phi) is 4.60. The molecule has 1 aliphatic rings. The molecule has 0 bridgehead atoms. The van der Waals surface area contributed by atoms with Gasteiger partial charge in [0.15, 0.2) is 0 Å². The van der Waals surface area contributed by atoms with Crippen LogP contribution in [0.2, 0.25) is 0 Å². The second kappa shape index (κ2) is 6.22. The maximum atomic E-state index is 13.8. The van der Waals surface area contributed by atoms with E-state index in [1.807, 2.05) is 13.8 Å². The fourth-order valence-corrected chi connectivity index (χ4v) is 2.54. The minimum absolute atomic E-state index is 0.00773. The van der Waals surface area contributed by atoms with Crippen LogP contribution in [0.3, 0.4) is 0 Å². The topological polar surface area (TPSA) is 41.6 Å². The summed E-state index contributed by atoms with van der Waals surface area (Å²) in [5, 5.41) is 2.77. The number of carbonyl (C=O) groups is 1. The third-order valence-corrected chi connectivity index (χ3v) is 3.69. The molecule has 110 valence electrons. The van der Waals surface area contributed by atoms with E-state index < -0.39 is 5.82 Å². The maximum absolute atomic E-state index is 13.8. The van der Waals surface area contributed by atoms with Crippen molar-refractivity contribution < 1.29 is 13.9 Å². The molecule has 1 aromatic carbocycles. The molecule has 1 aromatic rings. The molecular weight excluding hydrogens is 259 g/mol. The summed E-state index contributed by atoms with van der Waals surface area (Å²) in [4.78, 5) is 14.5. The van der Waals surface area contributed by atoms with Crippen LogP contribution in [0.5, 0.6) is 0 Å². The molecule has 1 fully saturated rings. The van der Waals surface area contributed by atoms with Crippen molar-refractivity contribution in [2.24, 2.45) is 0 Å². The van der Waals surface area contributed by atoms with Gasteiger partial charge in [-0.3, -0.25) is 4.79 Å². The lowest BCUT2D eigenvalue weighted by atomic mass is 10.1. The van der Waals surface area contributed by atoms with Crippen LogP contribution in [-0.2, 0) is 4.74 Å². The summed E-state index contributed by atoms with van der Waals surface area (Å²) in [7, 11) is 1.62. The number of nitrogens with zero attached hydrogens (tertiary/aromatic N) is 1. The normalized spacial score (nSPS) is 22.7. The zero-order valence-electron chi connectivity index (χ0n) is 12.1. The van der Waals surface area contributed by atoms with Gasteiger partial charge in [0.2, 0.25) is 0 Å². The molecule has 5 heteroatoms. The first-order valence-electron chi connectivity index (χ1n) is 6.97. The molecule has 1 N–H and O–H groups in total. The van der Waals surface area contributed by atoms with Crippen LogP contribution >= 0.6 is 0 Å². The number of para-hydroxylation sites is 1. The molecular formula is C15H21FN2O2. The summed E-state index contributed by atoms with van der Waals surface area (Å²) in [6.45, 7) is 5.04. The number of nitrogens with one attached hydrogen (secondary N) is 1. The molecule has 2 unspecified atom stereocenters. The van der Waals surface area contributed by atoms with Gasteiger partial charge in [0, 0.05) is 13.6 Å². The zero-order chi connectivity index (χ0) is 14.7. The van der Waals surface area contributed by atoms with Crippen LogP contribution in [-0.4, -0.2) is 43.2 Å². The Hall–Kier alpha value is -1.62. The Labute approximate surface area is 118 Å². The van der Waals surface area contributed by atoms with Crippen molar-refractivity contribution in [2.75, 3.05) is 25.5 Å². The molecule has 1 saturated heterocycles. The number of benzene rings is 1. The van der Waals surface area contributed by atoms with E-state index in [9.17, 15) is 9.18 Å². The van der Waals surface area contributed by atoms with Crippen molar-refractivity contribution in [2.45, 2.75) is 32.4 Å². The number of hydrogen-bond donors (Lipinski definition) is 1. The number of morpholine rings is 1. The molecule has 2 rings (SSSR count). The first-order chi connectivity index (χ1) is 9.58. The van der Waals surface area contributed by atoms with E-state index in [0.29, 0.717) is 18.7 Å². The molecule has 1 amide bonds. The fourth-order valence-electron chi connectivity index (χ4n) is 2.54. The van der Waals surface area contributed by atoms with Gasteiger partial charge in [0.05, 0.1) is 30.0 Å². The van der Waals surface area contributed by atoms with Gasteiger partial charge in [0.1, 0.15) is 5.82 Å². The molecule has 20 heavy (non-hydrogen) atoms. The van der Waals surface area contributed by atoms with Crippen molar-refractivity contribution in [3.63, 3.8) is 0 Å². The zero-order valence-corrected chi connectivity index (χ0v) is 12.1. The highest BCUT2D eigenvalue weighted by atomic mass is 19.1. The standard InChI is InChI=1S/C15H21FN2O2/c1-4-11-9-20-10(2)8-18(11)15(19)12-6-5-7-13(16)14(12)17-3/h5-7,10-11,17H,4,8-9H2,1-3H3. The van der Waals surface area contributed by atoms with Crippen LogP contribution in [0.25, 0.3) is 0 Å². The molecule has 0 radical (unpaired) electrons. The lowest BCUT2D eigenvalue weighted by Crippen LogP contribution is -2.51. The molecule has 2 atom stereocenters. The predicted molar refractivity (Wildman–Crippen MR) is 76.5 cm³/mol. The highest BCUT2D eigenvalue weighted by molar-refractivity contribution is 6.00. The Morgan fingerprint density at radius 1 is 1.55 bits per heavy atom. The number of halogens is 1. The Bertz CT molecular complexity index is 493. The third-order valence-electron chi connectivity index (χ3n) is 3.69. The monoisotopic (exact) mass is 280 g/mol. The summed E-state index contributed by atoms with van der Waals surface area (Å²) in [6.07, 6.45) is 0.830. The van der Waals surface area contributed by atoms with Gasteiger partial charge in [0.25, 0.3) is 5.91 Å². The lowest BCUT2D eigenvalue weighted by molar-refractivity contribution is -0.0443. The molecule has 4 nitrogen and oxygen atoms in total. The van der Waals surface area contributed by atoms with Gasteiger partial charge < -0.3 is 15.0 Å². The van der Waals surface area contributed by atoms with Gasteiger partial charge in [-0.15, -0.1) is 0 Å². The van der Waals surface area contributed by atoms with Gasteiger partial charge in [-0.25, -0.2) is 4.39 Å². The van der Waals surface area contributed by atoms with E-state index >= 15 is 0 Å². The highest BCUT2D eigenvalue weighted by Crippen LogP contribution is 2.24. The molecule has 0 spiro atoms. The van der Waals surface area contributed by atoms with Gasteiger partial charge in [-0.05, 0) is 25.5 Å². The van der Waals surface area contributed by atoms with Crippen LogP contribution in [0.1, 0.15) is 30.6 Å². The van der Waals surface area contributed by atoms with Crippen molar-refractivity contribution in [3.05, 3.63) is 29.6 Å². The van der Waals surface area contributed by atoms with Crippen molar-refractivity contribution in [1.29, 1.82) is 0 Å². The minimum atomic E-state index is -0.410. The van der Waals surface area contributed by atoms with E-state index in [4.69, 9.17) is 4.74 Å². The largest absolute Gasteiger partial charge is 0.385 e. The smallest absolute Gasteiger partial charge is 0.256 e. The number of anilines is 1. The van der Waals surface area contributed by atoms with E-state index in [2.05, 4.69) is 5.32 Å². The average Bonchev–Trinajstić information content (AvgIpc) is 2.46. The number of hydrogen-bond acceptors (Lipinski definition) is 3. The summed E-state index contributed by atoms with van der Waals surface area (Å²) >= 11 is 0. The van der Waals surface area contributed by atoms with Crippen molar-refractivity contribution >= 4 is 11.6 Å². The summed E-state index contributed by atoms with van der Waals surface area (Å²) in [5.41, 5.74) is 0.631. The van der Waals surface area contributed by atoms with Crippen molar-refractivity contribution in [3.8, 4) is 0 Å². The minimum Gasteiger partial charge on any atom is -0.385 e. The Morgan fingerprint density at radius 2 is 2.30 bits per heavy atom. The predicted octanol–water partition coefficient (Wildman–Crippen LogP) is 2.51. The average molecular weight is 280 g/mol. The summed E-state index contributed by atoms with van der Waals surface area (Å²) in [6, 6.07) is 4.62. The quantitative estimate of drug-likeness (QED) is 0.925. The van der Waals surface area contributed by atoms with Crippen LogP contribution in [0.15, 0.2) is 18.2 Å². The van der Waals surface area contributed by atoms with Crippen LogP contribution < -0.4 is 5.32 Å². The van der Waals surface area contributed by atoms with Gasteiger partial charge in [-0.1, -0.05) is 13.0 Å². The fraction of sp³-hybridized carbons (Fsp3) is 0.533. The first-order valence-corrected chi connectivity index (χ1v) is 6.97. The van der Waals surface area contributed by atoms with E-state index in [0.717, 1.165) is 6.42 Å². The second-order valence-electron chi connectivity index (χ2n) is 5.08. The van der Waals surface area contributed by atoms with E-state index in [1.165, 1.54) is 6.07 Å². The van der Waals surface area contributed by atoms with Crippen LogP contribution in [0.4, 0.5) is 10.1 Å². The highest BCUT2D eigenvalue weighted by Gasteiger charge is 2.31. The first kappa shape index (κ1) is 14.8. The third kappa shape index (κ3) is 2.77. The van der Waals surface area contributed by atoms with E-state index in [-0.39, 0.29) is 23.7 Å². The van der Waals surface area contributed by atoms with Crippen LogP contribution in [0, 0.1) is 5.82 Å². The number of ether oxygens (including phenoxy) is 1. The van der Waals surface area contributed by atoms with Gasteiger partial charge in [-0.2, -0.15) is 0 Å². The Morgan fingerprint density at radius 3 is 2.95 bits per heavy atom. The number of amides is 1. The summed E-state index contributed by atoms with van der Waals surface area (Å²) < 4.78 is 19.4. The Balaban J connectivity index is 2.32. The number of rotatable bonds is 3. The molecule has 0 aromatic heterocycles. The molecule has 0 aliphatic carbocycles. The molecule has 1 heterocycles. The summed E-state index contributed by atoms with van der Waals surface area (Å²) in [5.74, 6) is -0.552. The van der Waals surface area contributed by atoms with Crippen molar-refractivity contribution in [1.82, 2.24) is 4.90 Å².